The predicted molar refractivity (Wildman–Crippen MR) is 61.3 cm³/mol. The second-order valence-corrected chi connectivity index (χ2v) is 5.73. The molecular formula is C10H13Cl2Mg. The van der Waals surface area contributed by atoms with E-state index in [1.807, 2.05) is 12.1 Å². The van der Waals surface area contributed by atoms with Crippen molar-refractivity contribution in [3.63, 3.8) is 0 Å². The summed E-state index contributed by atoms with van der Waals surface area (Å²) in [5.41, 5.74) is 1.41. The fraction of sp³-hybridized carbons (Fsp3) is 0.400. The van der Waals surface area contributed by atoms with Crippen molar-refractivity contribution in [2.24, 2.45) is 5.92 Å². The summed E-state index contributed by atoms with van der Waals surface area (Å²) in [5, 5.41) is 0. The zero-order valence-electron chi connectivity index (χ0n) is 8.06. The molecule has 0 heterocycles. The Hall–Kier alpha value is 0.566. The quantitative estimate of drug-likeness (QED) is 0.677. The summed E-state index contributed by atoms with van der Waals surface area (Å²) in [7, 11) is 9.81. The van der Waals surface area contributed by atoms with Crippen LogP contribution in [0.4, 0.5) is 0 Å². The molecule has 0 spiro atoms. The van der Waals surface area contributed by atoms with Crippen LogP contribution < -0.4 is 0 Å². The van der Waals surface area contributed by atoms with E-state index in [0.29, 0.717) is 0 Å². The second-order valence-electron chi connectivity index (χ2n) is 3.11. The molecule has 1 aromatic carbocycles. The fourth-order valence-electron chi connectivity index (χ4n) is 1.03. The standard InChI is InChI=1S/C10H13.2ClH.Mg/c1-9(2)8-10-6-4-3-5-7-10;;;/h4-7,9H,8H2,1-2H3;2*1H;/q;;;+2/p-2. The maximum Gasteiger partial charge on any atom is 0.618 e. The molecule has 0 aliphatic carbocycles. The zero-order chi connectivity index (χ0) is 10.1. The molecule has 0 aliphatic heterocycles. The molecule has 1 aromatic rings. The summed E-state index contributed by atoms with van der Waals surface area (Å²) >= 11 is -0.639. The van der Waals surface area contributed by atoms with Crippen LogP contribution in [0.1, 0.15) is 19.4 Å². The Morgan fingerprint density at radius 2 is 1.77 bits per heavy atom. The van der Waals surface area contributed by atoms with E-state index in [9.17, 15) is 0 Å². The van der Waals surface area contributed by atoms with Gasteiger partial charge in [0, 0.05) is 0 Å². The minimum absolute atomic E-state index is 0.639. The summed E-state index contributed by atoms with van der Waals surface area (Å²) < 4.78 is 0. The maximum absolute atomic E-state index is 4.90. The largest absolute Gasteiger partial charge is 0.618 e. The van der Waals surface area contributed by atoms with Crippen molar-refractivity contribution in [3.8, 4) is 0 Å². The van der Waals surface area contributed by atoms with E-state index < -0.39 is 18.2 Å². The highest BCUT2D eigenvalue weighted by Gasteiger charge is 1.94. The van der Waals surface area contributed by atoms with Crippen LogP contribution in [0.5, 0.6) is 0 Å². The van der Waals surface area contributed by atoms with Crippen LogP contribution in [0.25, 0.3) is 0 Å². The van der Waals surface area contributed by atoms with Gasteiger partial charge in [-0.3, -0.25) is 0 Å². The third kappa shape index (κ3) is 8.88. The fourth-order valence-corrected chi connectivity index (χ4v) is 1.03. The van der Waals surface area contributed by atoms with Gasteiger partial charge < -0.3 is 18.1 Å². The number of benzene rings is 1. The van der Waals surface area contributed by atoms with Crippen molar-refractivity contribution in [1.82, 2.24) is 0 Å². The minimum Gasteiger partial charge on any atom is -0.309 e. The molecule has 0 atom stereocenters. The Bertz CT molecular complexity index is 199. The van der Waals surface area contributed by atoms with Gasteiger partial charge in [0.25, 0.3) is 0 Å². The van der Waals surface area contributed by atoms with E-state index >= 15 is 0 Å². The van der Waals surface area contributed by atoms with Crippen molar-refractivity contribution < 1.29 is 0 Å². The highest BCUT2D eigenvalue weighted by Crippen LogP contribution is 2.05. The lowest BCUT2D eigenvalue weighted by Gasteiger charge is -2.02. The minimum atomic E-state index is -0.639. The van der Waals surface area contributed by atoms with Crippen molar-refractivity contribution in [1.29, 1.82) is 0 Å². The third-order valence-corrected chi connectivity index (χ3v) is 1.43. The summed E-state index contributed by atoms with van der Waals surface area (Å²) in [4.78, 5) is 0. The van der Waals surface area contributed by atoms with Crippen LogP contribution in [0.15, 0.2) is 24.3 Å². The molecule has 69 valence electrons. The summed E-state index contributed by atoms with van der Waals surface area (Å²) in [5.74, 6) is 0.752. The Morgan fingerprint density at radius 1 is 1.31 bits per heavy atom. The molecular weight excluding hydrogens is 215 g/mol. The van der Waals surface area contributed by atoms with Crippen molar-refractivity contribution >= 4 is 36.3 Å². The second kappa shape index (κ2) is 9.13. The maximum atomic E-state index is 4.90. The summed E-state index contributed by atoms with van der Waals surface area (Å²) in [6.07, 6.45) is 1.18. The van der Waals surface area contributed by atoms with Crippen molar-refractivity contribution in [2.75, 3.05) is 0 Å². The smallest absolute Gasteiger partial charge is 0.309 e. The molecule has 0 amide bonds. The summed E-state index contributed by atoms with van der Waals surface area (Å²) in [6.45, 7) is 4.47. The van der Waals surface area contributed by atoms with E-state index in [4.69, 9.17) is 18.1 Å². The molecule has 3 heteroatoms. The van der Waals surface area contributed by atoms with Crippen molar-refractivity contribution in [3.05, 3.63) is 35.9 Å². The molecule has 1 rings (SSSR count). The number of halogens is 2. The monoisotopic (exact) mass is 227 g/mol. The third-order valence-electron chi connectivity index (χ3n) is 1.43. The van der Waals surface area contributed by atoms with Crippen LogP contribution in [0.3, 0.4) is 0 Å². The van der Waals surface area contributed by atoms with Gasteiger partial charge in [0.1, 0.15) is 0 Å². The van der Waals surface area contributed by atoms with Gasteiger partial charge in [-0.05, 0) is 24.0 Å². The number of hydrogen-bond acceptors (Lipinski definition) is 0. The van der Waals surface area contributed by atoms with Crippen LogP contribution in [0.2, 0.25) is 0 Å². The average molecular weight is 228 g/mol. The Balaban J connectivity index is 0.000000424. The topological polar surface area (TPSA) is 0 Å². The lowest BCUT2D eigenvalue weighted by atomic mass is 10.0. The van der Waals surface area contributed by atoms with Gasteiger partial charge in [-0.25, -0.2) is 0 Å². The Kier molecular flexibility index (Phi) is 9.53. The van der Waals surface area contributed by atoms with Crippen LogP contribution in [-0.4, -0.2) is 18.2 Å². The van der Waals surface area contributed by atoms with E-state index in [1.54, 1.807) is 0 Å². The van der Waals surface area contributed by atoms with Crippen LogP contribution in [-0.2, 0) is 6.42 Å². The van der Waals surface area contributed by atoms with Crippen molar-refractivity contribution in [2.45, 2.75) is 20.3 Å². The van der Waals surface area contributed by atoms with E-state index in [1.165, 1.54) is 12.0 Å². The molecule has 0 saturated heterocycles. The highest BCUT2D eigenvalue weighted by molar-refractivity contribution is 7.22. The van der Waals surface area contributed by atoms with Crippen LogP contribution >= 0.6 is 18.1 Å². The number of rotatable bonds is 2. The molecule has 0 nitrogen and oxygen atoms in total. The predicted octanol–water partition coefficient (Wildman–Crippen LogP) is 3.68. The molecule has 0 N–H and O–H groups in total. The molecule has 0 saturated carbocycles. The Morgan fingerprint density at radius 3 is 2.15 bits per heavy atom. The molecule has 0 unspecified atom stereocenters. The van der Waals surface area contributed by atoms with Gasteiger partial charge in [-0.1, -0.05) is 38.1 Å². The molecule has 0 aromatic heterocycles. The van der Waals surface area contributed by atoms with Gasteiger partial charge in [0.05, 0.1) is 0 Å². The van der Waals surface area contributed by atoms with E-state index in [-0.39, 0.29) is 0 Å². The zero-order valence-corrected chi connectivity index (χ0v) is 11.0. The van der Waals surface area contributed by atoms with Crippen LogP contribution in [0, 0.1) is 12.0 Å². The molecule has 1 radical (unpaired) electrons. The van der Waals surface area contributed by atoms with Gasteiger partial charge in [-0.15, -0.1) is 0 Å². The summed E-state index contributed by atoms with van der Waals surface area (Å²) in [6, 6.07) is 11.2. The lowest BCUT2D eigenvalue weighted by Crippen LogP contribution is -1.92. The van der Waals surface area contributed by atoms with E-state index in [2.05, 4.69) is 32.0 Å². The molecule has 0 bridgehead atoms. The Labute approximate surface area is 97.9 Å². The highest BCUT2D eigenvalue weighted by atomic mass is 35.6. The first kappa shape index (κ1) is 13.6. The van der Waals surface area contributed by atoms with E-state index in [0.717, 1.165) is 5.92 Å². The van der Waals surface area contributed by atoms with Gasteiger partial charge >= 0.3 is 18.2 Å². The molecule has 13 heavy (non-hydrogen) atoms. The number of hydrogen-bond donors (Lipinski definition) is 0. The molecule has 0 aliphatic rings. The first-order valence-electron chi connectivity index (χ1n) is 4.27. The average Bonchev–Trinajstić information content (AvgIpc) is 2.06. The van der Waals surface area contributed by atoms with Gasteiger partial charge in [-0.2, -0.15) is 0 Å². The van der Waals surface area contributed by atoms with Gasteiger partial charge in [0.15, 0.2) is 0 Å². The molecule has 0 fully saturated rings. The lowest BCUT2D eigenvalue weighted by molar-refractivity contribution is 0.647. The first-order chi connectivity index (χ1) is 6.20. The normalized spacial score (nSPS) is 8.69. The SMILES string of the molecule is CC(C)Cc1cc[c]cc1.[Cl][Mg][Cl]. The van der Waals surface area contributed by atoms with Gasteiger partial charge in [0.2, 0.25) is 0 Å². The first-order valence-corrected chi connectivity index (χ1v) is 8.55.